The van der Waals surface area contributed by atoms with Crippen molar-refractivity contribution in [1.82, 2.24) is 9.97 Å². The summed E-state index contributed by atoms with van der Waals surface area (Å²) in [6, 6.07) is 0. The summed E-state index contributed by atoms with van der Waals surface area (Å²) >= 11 is 0. The summed E-state index contributed by atoms with van der Waals surface area (Å²) in [4.78, 5) is 7.74. The Balaban J connectivity index is 2.26. The summed E-state index contributed by atoms with van der Waals surface area (Å²) in [5.41, 5.74) is 12.4. The number of nitrogens with two attached hydrogens (primary N) is 2. The smallest absolute Gasteiger partial charge is 0.138 e. The fourth-order valence-electron chi connectivity index (χ4n) is 1.88. The largest absolute Gasteiger partial charge is 0.383 e. The lowest BCUT2D eigenvalue weighted by molar-refractivity contribution is 0.0828. The number of nitrogen functional groups attached to an aromatic ring is 2. The Morgan fingerprint density at radius 2 is 1.81 bits per heavy atom. The Bertz CT molecular complexity index is 380. The molecule has 5 N–H and O–H groups in total. The SMILES string of the molecule is N=C(c1c(N)ncnc1N)C1CCOCC1. The van der Waals surface area contributed by atoms with Crippen LogP contribution in [0, 0.1) is 11.3 Å². The van der Waals surface area contributed by atoms with Crippen molar-refractivity contribution in [2.24, 2.45) is 5.92 Å². The average Bonchev–Trinajstić information content (AvgIpc) is 2.30. The van der Waals surface area contributed by atoms with Crippen molar-refractivity contribution in [3.8, 4) is 0 Å². The third-order valence-corrected chi connectivity index (χ3v) is 2.80. The topological polar surface area (TPSA) is 111 Å². The third-order valence-electron chi connectivity index (χ3n) is 2.80. The van der Waals surface area contributed by atoms with Gasteiger partial charge in [-0.3, -0.25) is 0 Å². The quantitative estimate of drug-likeness (QED) is 0.627. The lowest BCUT2D eigenvalue weighted by atomic mass is 9.90. The highest BCUT2D eigenvalue weighted by Crippen LogP contribution is 2.24. The van der Waals surface area contributed by atoms with E-state index in [0.717, 1.165) is 12.8 Å². The van der Waals surface area contributed by atoms with Crippen LogP contribution in [-0.4, -0.2) is 28.9 Å². The molecule has 6 heteroatoms. The van der Waals surface area contributed by atoms with Crippen LogP contribution in [0.5, 0.6) is 0 Å². The van der Waals surface area contributed by atoms with Gasteiger partial charge in [-0.05, 0) is 12.8 Å². The molecule has 1 aliphatic heterocycles. The third kappa shape index (κ3) is 1.96. The molecule has 1 aromatic heterocycles. The van der Waals surface area contributed by atoms with E-state index in [4.69, 9.17) is 21.6 Å². The van der Waals surface area contributed by atoms with Crippen LogP contribution >= 0.6 is 0 Å². The molecule has 0 spiro atoms. The lowest BCUT2D eigenvalue weighted by Gasteiger charge is -2.23. The molecule has 2 rings (SSSR count). The summed E-state index contributed by atoms with van der Waals surface area (Å²) in [5.74, 6) is 0.706. The van der Waals surface area contributed by atoms with Gasteiger partial charge in [0.05, 0.1) is 5.56 Å². The van der Waals surface area contributed by atoms with E-state index in [1.807, 2.05) is 0 Å². The summed E-state index contributed by atoms with van der Waals surface area (Å²) in [5, 5.41) is 8.11. The fraction of sp³-hybridized carbons (Fsp3) is 0.500. The molecule has 86 valence electrons. The zero-order chi connectivity index (χ0) is 11.5. The Morgan fingerprint density at radius 1 is 1.25 bits per heavy atom. The van der Waals surface area contributed by atoms with E-state index >= 15 is 0 Å². The molecule has 0 aromatic carbocycles. The molecular formula is C10H15N5O. The first-order valence-corrected chi connectivity index (χ1v) is 5.22. The molecule has 0 aliphatic carbocycles. The number of hydrogen-bond acceptors (Lipinski definition) is 6. The van der Waals surface area contributed by atoms with Crippen LogP contribution in [-0.2, 0) is 4.74 Å². The molecule has 0 saturated carbocycles. The monoisotopic (exact) mass is 221 g/mol. The molecule has 0 radical (unpaired) electrons. The second kappa shape index (κ2) is 4.44. The predicted molar refractivity (Wildman–Crippen MR) is 61.2 cm³/mol. The number of anilines is 2. The van der Waals surface area contributed by atoms with Gasteiger partial charge in [-0.15, -0.1) is 0 Å². The van der Waals surface area contributed by atoms with Gasteiger partial charge in [0.2, 0.25) is 0 Å². The van der Waals surface area contributed by atoms with Crippen LogP contribution < -0.4 is 11.5 Å². The van der Waals surface area contributed by atoms with E-state index in [-0.39, 0.29) is 17.6 Å². The van der Waals surface area contributed by atoms with Crippen molar-refractivity contribution >= 4 is 17.3 Å². The predicted octanol–water partition coefficient (Wildman–Crippen LogP) is 0.435. The minimum Gasteiger partial charge on any atom is -0.383 e. The van der Waals surface area contributed by atoms with Crippen LogP contribution in [0.25, 0.3) is 0 Å². The van der Waals surface area contributed by atoms with Gasteiger partial charge in [0.15, 0.2) is 0 Å². The Labute approximate surface area is 93.5 Å². The second-order valence-electron chi connectivity index (χ2n) is 3.82. The van der Waals surface area contributed by atoms with E-state index in [0.29, 0.717) is 24.5 Å². The Morgan fingerprint density at radius 3 is 2.38 bits per heavy atom. The molecule has 1 saturated heterocycles. The minimum atomic E-state index is 0.143. The first-order chi connectivity index (χ1) is 7.70. The molecule has 6 nitrogen and oxygen atoms in total. The number of rotatable bonds is 2. The number of ether oxygens (including phenoxy) is 1. The zero-order valence-electron chi connectivity index (χ0n) is 8.94. The average molecular weight is 221 g/mol. The number of aromatic nitrogens is 2. The van der Waals surface area contributed by atoms with Crippen LogP contribution in [0.4, 0.5) is 11.6 Å². The van der Waals surface area contributed by atoms with Crippen LogP contribution in [0.1, 0.15) is 18.4 Å². The van der Waals surface area contributed by atoms with Crippen molar-refractivity contribution in [1.29, 1.82) is 5.41 Å². The van der Waals surface area contributed by atoms with E-state index < -0.39 is 0 Å². The van der Waals surface area contributed by atoms with Crippen LogP contribution in [0.2, 0.25) is 0 Å². The van der Waals surface area contributed by atoms with Crippen molar-refractivity contribution in [2.75, 3.05) is 24.7 Å². The molecule has 0 amide bonds. The van der Waals surface area contributed by atoms with Crippen LogP contribution in [0.15, 0.2) is 6.33 Å². The van der Waals surface area contributed by atoms with E-state index in [9.17, 15) is 0 Å². The van der Waals surface area contributed by atoms with Gasteiger partial charge in [0, 0.05) is 24.8 Å². The summed E-state index contributed by atoms with van der Waals surface area (Å²) in [6.45, 7) is 1.36. The summed E-state index contributed by atoms with van der Waals surface area (Å²) in [6.07, 6.45) is 2.96. The van der Waals surface area contributed by atoms with E-state index in [1.165, 1.54) is 6.33 Å². The second-order valence-corrected chi connectivity index (χ2v) is 3.82. The van der Waals surface area contributed by atoms with Crippen molar-refractivity contribution in [3.63, 3.8) is 0 Å². The first-order valence-electron chi connectivity index (χ1n) is 5.22. The number of nitrogens with one attached hydrogen (secondary N) is 1. The molecule has 0 atom stereocenters. The number of nitrogens with zero attached hydrogens (tertiary/aromatic N) is 2. The normalized spacial score (nSPS) is 17.2. The minimum absolute atomic E-state index is 0.143. The summed E-state index contributed by atoms with van der Waals surface area (Å²) < 4.78 is 5.26. The first kappa shape index (κ1) is 10.8. The zero-order valence-corrected chi connectivity index (χ0v) is 8.94. The van der Waals surface area contributed by atoms with Gasteiger partial charge in [0.25, 0.3) is 0 Å². The van der Waals surface area contributed by atoms with Gasteiger partial charge in [-0.2, -0.15) is 0 Å². The highest BCUT2D eigenvalue weighted by atomic mass is 16.5. The van der Waals surface area contributed by atoms with E-state index in [2.05, 4.69) is 9.97 Å². The van der Waals surface area contributed by atoms with Crippen molar-refractivity contribution < 1.29 is 4.74 Å². The Kier molecular flexibility index (Phi) is 3.00. The van der Waals surface area contributed by atoms with Crippen molar-refractivity contribution in [2.45, 2.75) is 12.8 Å². The van der Waals surface area contributed by atoms with E-state index in [1.54, 1.807) is 0 Å². The lowest BCUT2D eigenvalue weighted by Crippen LogP contribution is -2.25. The molecular weight excluding hydrogens is 206 g/mol. The van der Waals surface area contributed by atoms with Crippen LogP contribution in [0.3, 0.4) is 0 Å². The maximum absolute atomic E-state index is 8.11. The van der Waals surface area contributed by atoms with Gasteiger partial charge in [0.1, 0.15) is 18.0 Å². The highest BCUT2D eigenvalue weighted by Gasteiger charge is 2.23. The van der Waals surface area contributed by atoms with Gasteiger partial charge >= 0.3 is 0 Å². The molecule has 0 bridgehead atoms. The molecule has 1 fully saturated rings. The molecule has 1 aromatic rings. The highest BCUT2D eigenvalue weighted by molar-refractivity contribution is 6.06. The Hall–Kier alpha value is -1.69. The van der Waals surface area contributed by atoms with Gasteiger partial charge in [-0.1, -0.05) is 0 Å². The van der Waals surface area contributed by atoms with Gasteiger partial charge < -0.3 is 21.6 Å². The maximum Gasteiger partial charge on any atom is 0.138 e. The standard InChI is InChI=1S/C10H15N5O/c11-8(6-1-3-16-4-2-6)7-9(12)14-5-15-10(7)13/h5-6,11H,1-4H2,(H4,12,13,14,15). The number of hydrogen-bond donors (Lipinski definition) is 3. The molecule has 1 aliphatic rings. The molecule has 16 heavy (non-hydrogen) atoms. The molecule has 0 unspecified atom stereocenters. The molecule has 2 heterocycles. The fourth-order valence-corrected chi connectivity index (χ4v) is 1.88. The summed E-state index contributed by atoms with van der Waals surface area (Å²) in [7, 11) is 0. The van der Waals surface area contributed by atoms with Gasteiger partial charge in [-0.25, -0.2) is 9.97 Å². The van der Waals surface area contributed by atoms with Crippen molar-refractivity contribution in [3.05, 3.63) is 11.9 Å². The maximum atomic E-state index is 8.11.